The number of nitrogens with zero attached hydrogens (tertiary/aromatic N) is 6. The largest absolute Gasteiger partial charge is 0.354 e. The van der Waals surface area contributed by atoms with Crippen molar-refractivity contribution in [1.82, 2.24) is 20.0 Å². The van der Waals surface area contributed by atoms with E-state index in [0.29, 0.717) is 50.5 Å². The molecule has 11 heteroatoms. The third-order valence-corrected chi connectivity index (χ3v) is 8.12. The Balaban J connectivity index is 0.00000135. The fraction of sp³-hybridized carbons (Fsp3) is 0.406. The number of benzene rings is 2. The van der Waals surface area contributed by atoms with Crippen LogP contribution in [0.2, 0.25) is 0 Å². The first-order valence-corrected chi connectivity index (χ1v) is 14.3. The van der Waals surface area contributed by atoms with Gasteiger partial charge in [0, 0.05) is 50.7 Å². The monoisotopic (exact) mass is 592 g/mol. The number of hydrogen-bond acceptors (Lipinski definition) is 7. The lowest BCUT2D eigenvalue weighted by Crippen LogP contribution is -2.47. The Labute approximate surface area is 249 Å². The van der Waals surface area contributed by atoms with Crippen molar-refractivity contribution in [3.63, 3.8) is 0 Å². The van der Waals surface area contributed by atoms with Crippen molar-refractivity contribution < 1.29 is 22.8 Å². The van der Waals surface area contributed by atoms with Gasteiger partial charge in [-0.3, -0.25) is 4.79 Å². The lowest BCUT2D eigenvalue weighted by Gasteiger charge is -2.36. The number of aromatic nitrogens is 2. The molecule has 1 amide bonds. The molecule has 1 unspecified atom stereocenters. The van der Waals surface area contributed by atoms with Crippen LogP contribution in [-0.4, -0.2) is 78.0 Å². The minimum absolute atomic E-state index is 0.0845. The van der Waals surface area contributed by atoms with E-state index < -0.39 is 23.5 Å². The van der Waals surface area contributed by atoms with Gasteiger partial charge in [-0.15, -0.1) is 10.2 Å². The molecule has 2 aliphatic rings. The van der Waals surface area contributed by atoms with E-state index in [2.05, 4.69) is 15.1 Å². The second-order valence-electron chi connectivity index (χ2n) is 10.8. The summed E-state index contributed by atoms with van der Waals surface area (Å²) in [7, 11) is 2.00. The van der Waals surface area contributed by atoms with Gasteiger partial charge < -0.3 is 19.5 Å². The van der Waals surface area contributed by atoms with Crippen molar-refractivity contribution in [1.29, 1.82) is 5.26 Å². The number of hydrogen-bond donors (Lipinski definition) is 0. The molecule has 0 saturated carbocycles. The predicted octanol–water partition coefficient (Wildman–Crippen LogP) is 4.36. The summed E-state index contributed by atoms with van der Waals surface area (Å²) in [4.78, 5) is 28.7. The molecule has 3 aromatic rings. The van der Waals surface area contributed by atoms with Crippen molar-refractivity contribution in [2.45, 2.75) is 38.1 Å². The number of halogens is 3. The molecule has 0 spiro atoms. The smallest absolute Gasteiger partial charge is 0.228 e. The molecule has 0 bridgehead atoms. The van der Waals surface area contributed by atoms with Crippen LogP contribution in [0.25, 0.3) is 0 Å². The number of nitriles is 1. The van der Waals surface area contributed by atoms with Crippen LogP contribution in [0.5, 0.6) is 0 Å². The van der Waals surface area contributed by atoms with E-state index >= 15 is 0 Å². The highest BCUT2D eigenvalue weighted by molar-refractivity contribution is 5.81. The fourth-order valence-corrected chi connectivity index (χ4v) is 5.85. The first kappa shape index (κ1) is 31.6. The van der Waals surface area contributed by atoms with Gasteiger partial charge in [0.15, 0.2) is 11.5 Å². The third kappa shape index (κ3) is 7.76. The van der Waals surface area contributed by atoms with Crippen LogP contribution < -0.4 is 4.90 Å². The summed E-state index contributed by atoms with van der Waals surface area (Å²) in [5, 5.41) is 17.1. The minimum Gasteiger partial charge on any atom is -0.354 e. The first-order valence-electron chi connectivity index (χ1n) is 14.3. The quantitative estimate of drug-likeness (QED) is 0.407. The SMILES string of the molecule is CC=O.CN1CCN(C(=O)[C@@H]2CN(c3ccc(C#N)nn3)C[C@H]2c2ccc(F)cc2F)CCCC1Cc1ccccc1F. The molecule has 43 heavy (non-hydrogen) atoms. The molecular formula is C32H35F3N6O2. The van der Waals surface area contributed by atoms with Crippen LogP contribution in [0.3, 0.4) is 0 Å². The van der Waals surface area contributed by atoms with Gasteiger partial charge in [-0.1, -0.05) is 24.3 Å². The summed E-state index contributed by atoms with van der Waals surface area (Å²) in [6.07, 6.45) is 2.91. The summed E-state index contributed by atoms with van der Waals surface area (Å²) in [5.41, 5.74) is 1.15. The molecule has 5 rings (SSSR count). The molecule has 0 aliphatic carbocycles. The molecule has 2 fully saturated rings. The average molecular weight is 593 g/mol. The topological polar surface area (TPSA) is 93.4 Å². The van der Waals surface area contributed by atoms with E-state index in [1.165, 1.54) is 25.1 Å². The standard InChI is InChI=1S/C30H31F3N6O.C2H4O/c1-37-13-14-38(12-4-6-23(37)15-20-5-2-3-7-27(20)32)30(40)26-19-39(29-11-9-22(17-34)35-36-29)18-25(26)24-10-8-21(31)16-28(24)33;1-2-3/h2-3,5,7-11,16,23,25-26H,4,6,12-15,18-19H2,1H3;2H,1H3/t23?,25-,26+;/m0./s1. The summed E-state index contributed by atoms with van der Waals surface area (Å²) in [5.74, 6) is -2.23. The van der Waals surface area contributed by atoms with E-state index in [-0.39, 0.29) is 29.0 Å². The van der Waals surface area contributed by atoms with Crippen molar-refractivity contribution in [3.05, 3.63) is 88.9 Å². The zero-order chi connectivity index (χ0) is 30.9. The molecule has 3 heterocycles. The van der Waals surface area contributed by atoms with Crippen LogP contribution in [0, 0.1) is 34.7 Å². The Kier molecular flexibility index (Phi) is 10.8. The highest BCUT2D eigenvalue weighted by atomic mass is 19.1. The molecule has 2 aliphatic heterocycles. The van der Waals surface area contributed by atoms with Gasteiger partial charge >= 0.3 is 0 Å². The Morgan fingerprint density at radius 1 is 1.02 bits per heavy atom. The zero-order valence-corrected chi connectivity index (χ0v) is 24.3. The maximum atomic E-state index is 14.9. The third-order valence-electron chi connectivity index (χ3n) is 8.12. The Bertz CT molecular complexity index is 1450. The number of amides is 1. The van der Waals surface area contributed by atoms with Crippen LogP contribution in [0.15, 0.2) is 54.6 Å². The van der Waals surface area contributed by atoms with Crippen LogP contribution in [0.1, 0.15) is 42.5 Å². The fourth-order valence-electron chi connectivity index (χ4n) is 5.85. The predicted molar refractivity (Wildman–Crippen MR) is 156 cm³/mol. The van der Waals surface area contributed by atoms with Crippen LogP contribution >= 0.6 is 0 Å². The molecular weight excluding hydrogens is 557 g/mol. The molecule has 0 radical (unpaired) electrons. The van der Waals surface area contributed by atoms with Crippen molar-refractivity contribution >= 4 is 18.0 Å². The van der Waals surface area contributed by atoms with Gasteiger partial charge in [-0.25, -0.2) is 13.2 Å². The summed E-state index contributed by atoms with van der Waals surface area (Å²) in [6.45, 7) is 3.71. The second-order valence-corrected chi connectivity index (χ2v) is 10.8. The van der Waals surface area contributed by atoms with Gasteiger partial charge in [0.05, 0.1) is 5.92 Å². The highest BCUT2D eigenvalue weighted by Gasteiger charge is 2.42. The van der Waals surface area contributed by atoms with Crippen LogP contribution in [0.4, 0.5) is 19.0 Å². The van der Waals surface area contributed by atoms with Crippen molar-refractivity contribution in [2.24, 2.45) is 5.92 Å². The number of aldehydes is 1. The van der Waals surface area contributed by atoms with Gasteiger partial charge in [-0.05, 0) is 68.6 Å². The van der Waals surface area contributed by atoms with E-state index in [1.54, 1.807) is 18.2 Å². The van der Waals surface area contributed by atoms with E-state index in [9.17, 15) is 18.0 Å². The minimum atomic E-state index is -0.682. The zero-order valence-electron chi connectivity index (χ0n) is 24.3. The summed E-state index contributed by atoms with van der Waals surface area (Å²) < 4.78 is 42.9. The van der Waals surface area contributed by atoms with Gasteiger partial charge in [0.1, 0.15) is 29.8 Å². The Hall–Kier alpha value is -4.30. The molecule has 3 atom stereocenters. The molecule has 8 nitrogen and oxygen atoms in total. The van der Waals surface area contributed by atoms with E-state index in [0.717, 1.165) is 25.2 Å². The number of rotatable bonds is 5. The van der Waals surface area contributed by atoms with E-state index in [1.807, 2.05) is 35.0 Å². The normalized spacial score (nSPS) is 20.8. The molecule has 0 N–H and O–H groups in total. The van der Waals surface area contributed by atoms with Crippen molar-refractivity contribution in [3.8, 4) is 6.07 Å². The second kappa shape index (κ2) is 14.7. The van der Waals surface area contributed by atoms with Crippen LogP contribution in [-0.2, 0) is 16.0 Å². The maximum absolute atomic E-state index is 14.9. The summed E-state index contributed by atoms with van der Waals surface area (Å²) in [6, 6.07) is 15.6. The van der Waals surface area contributed by atoms with Gasteiger partial charge in [0.2, 0.25) is 5.91 Å². The maximum Gasteiger partial charge on any atom is 0.228 e. The molecule has 2 saturated heterocycles. The molecule has 1 aromatic heterocycles. The Morgan fingerprint density at radius 3 is 2.47 bits per heavy atom. The lowest BCUT2D eigenvalue weighted by molar-refractivity contribution is -0.136. The van der Waals surface area contributed by atoms with Gasteiger partial charge in [0.25, 0.3) is 0 Å². The number of carbonyl (C=O) groups is 2. The van der Waals surface area contributed by atoms with Gasteiger partial charge in [-0.2, -0.15) is 5.26 Å². The number of anilines is 1. The lowest BCUT2D eigenvalue weighted by atomic mass is 9.87. The highest BCUT2D eigenvalue weighted by Crippen LogP contribution is 2.37. The molecule has 2 aromatic carbocycles. The summed E-state index contributed by atoms with van der Waals surface area (Å²) >= 11 is 0. The number of likely N-dealkylation sites (N-methyl/N-ethyl adjacent to an activating group) is 1. The Morgan fingerprint density at radius 2 is 1.79 bits per heavy atom. The first-order chi connectivity index (χ1) is 20.7. The van der Waals surface area contributed by atoms with Crippen molar-refractivity contribution in [2.75, 3.05) is 44.7 Å². The number of carbonyl (C=O) groups excluding carboxylic acids is 2. The molecule has 226 valence electrons. The average Bonchev–Trinajstić information content (AvgIpc) is 3.43. The van der Waals surface area contributed by atoms with E-state index in [4.69, 9.17) is 10.1 Å².